The van der Waals surface area contributed by atoms with E-state index in [1.165, 1.54) is 18.2 Å². The molecule has 0 aromatic heterocycles. The van der Waals surface area contributed by atoms with Gasteiger partial charge in [-0.1, -0.05) is 18.2 Å². The molecule has 26 heavy (non-hydrogen) atoms. The highest BCUT2D eigenvalue weighted by molar-refractivity contribution is 5.79. The van der Waals surface area contributed by atoms with Crippen molar-refractivity contribution in [2.24, 2.45) is 0 Å². The van der Waals surface area contributed by atoms with E-state index in [1.807, 2.05) is 0 Å². The summed E-state index contributed by atoms with van der Waals surface area (Å²) in [6.07, 6.45) is -2.43. The lowest BCUT2D eigenvalue weighted by Gasteiger charge is -2.48. The van der Waals surface area contributed by atoms with Gasteiger partial charge in [0.25, 0.3) is 0 Å². The molecule has 2 fully saturated rings. The fourth-order valence-corrected chi connectivity index (χ4v) is 4.03. The Hall–Kier alpha value is -1.60. The highest BCUT2D eigenvalue weighted by Gasteiger charge is 2.45. The van der Waals surface area contributed by atoms with Gasteiger partial charge in [-0.15, -0.1) is 0 Å². The number of carbonyl (C=O) groups excluding carboxylic acids is 1. The number of piperidine rings is 1. The summed E-state index contributed by atoms with van der Waals surface area (Å²) >= 11 is 0. The number of nitrogens with zero attached hydrogens (tertiary/aromatic N) is 1. The molecule has 0 saturated carbocycles. The number of benzene rings is 1. The lowest BCUT2D eigenvalue weighted by molar-refractivity contribution is -0.175. The second kappa shape index (κ2) is 6.85. The number of likely N-dealkylation sites (tertiary alicyclic amines) is 1. The largest absolute Gasteiger partial charge is 0.416 e. The lowest BCUT2D eigenvalue weighted by atomic mass is 9.78. The average Bonchev–Trinajstić information content (AvgIpc) is 2.54. The first kappa shape index (κ1) is 19.2. The van der Waals surface area contributed by atoms with Gasteiger partial charge in [-0.05, 0) is 37.8 Å². The molecule has 1 amide bonds. The summed E-state index contributed by atoms with van der Waals surface area (Å²) in [5.41, 5.74) is -1.95. The molecule has 2 aliphatic heterocycles. The van der Waals surface area contributed by atoms with Crippen molar-refractivity contribution in [2.45, 2.75) is 56.4 Å². The highest BCUT2D eigenvalue weighted by atomic mass is 19.4. The molecule has 1 unspecified atom stereocenters. The number of amides is 1. The molecule has 1 N–H and O–H groups in total. The van der Waals surface area contributed by atoms with Gasteiger partial charge in [0, 0.05) is 19.5 Å². The van der Waals surface area contributed by atoms with E-state index in [0.29, 0.717) is 45.4 Å². The molecule has 2 aliphatic rings. The van der Waals surface area contributed by atoms with Crippen LogP contribution in [-0.2, 0) is 22.1 Å². The fourth-order valence-electron chi connectivity index (χ4n) is 4.03. The molecule has 7 heteroatoms. The van der Waals surface area contributed by atoms with Gasteiger partial charge in [-0.3, -0.25) is 4.79 Å². The van der Waals surface area contributed by atoms with Crippen molar-refractivity contribution in [1.29, 1.82) is 0 Å². The number of rotatable bonds is 2. The normalized spacial score (nSPS) is 26.1. The topological polar surface area (TPSA) is 49.8 Å². The van der Waals surface area contributed by atoms with E-state index < -0.39 is 22.9 Å². The minimum atomic E-state index is -4.47. The molecule has 144 valence electrons. The van der Waals surface area contributed by atoms with Crippen molar-refractivity contribution < 1.29 is 27.8 Å². The zero-order chi connectivity index (χ0) is 19.0. The van der Waals surface area contributed by atoms with Gasteiger partial charge >= 0.3 is 6.18 Å². The number of ether oxygens (including phenoxy) is 1. The smallest absolute Gasteiger partial charge is 0.390 e. The van der Waals surface area contributed by atoms with Crippen LogP contribution in [0.25, 0.3) is 0 Å². The summed E-state index contributed by atoms with van der Waals surface area (Å²) in [5, 5.41) is 10.3. The predicted molar refractivity (Wildman–Crippen MR) is 89.5 cm³/mol. The first-order valence-electron chi connectivity index (χ1n) is 8.90. The van der Waals surface area contributed by atoms with Crippen LogP contribution in [0, 0.1) is 0 Å². The van der Waals surface area contributed by atoms with Crippen LogP contribution in [0.1, 0.15) is 43.7 Å². The summed E-state index contributed by atoms with van der Waals surface area (Å²) in [6, 6.07) is 5.20. The van der Waals surface area contributed by atoms with Crippen LogP contribution >= 0.6 is 0 Å². The van der Waals surface area contributed by atoms with E-state index in [4.69, 9.17) is 4.74 Å². The molecule has 2 heterocycles. The van der Waals surface area contributed by atoms with Gasteiger partial charge in [0.15, 0.2) is 0 Å². The summed E-state index contributed by atoms with van der Waals surface area (Å²) in [4.78, 5) is 14.1. The third-order valence-corrected chi connectivity index (χ3v) is 5.44. The summed E-state index contributed by atoms with van der Waals surface area (Å²) in [7, 11) is 0. The van der Waals surface area contributed by atoms with E-state index in [9.17, 15) is 23.1 Å². The molecule has 1 aromatic carbocycles. The predicted octanol–water partition coefficient (Wildman–Crippen LogP) is 3.17. The van der Waals surface area contributed by atoms with Crippen LogP contribution in [0.3, 0.4) is 0 Å². The van der Waals surface area contributed by atoms with Gasteiger partial charge in [-0.25, -0.2) is 0 Å². The van der Waals surface area contributed by atoms with Crippen molar-refractivity contribution in [2.75, 3.05) is 19.7 Å². The van der Waals surface area contributed by atoms with E-state index in [1.54, 1.807) is 11.8 Å². The molecular formula is C19H24F3NO3. The Morgan fingerprint density at radius 1 is 1.23 bits per heavy atom. The Kier molecular flexibility index (Phi) is 5.05. The average molecular weight is 371 g/mol. The Balaban J connectivity index is 1.63. The molecule has 1 aromatic rings. The maximum atomic E-state index is 13.1. The quantitative estimate of drug-likeness (QED) is 0.869. The molecule has 3 rings (SSSR count). The molecule has 0 aliphatic carbocycles. The van der Waals surface area contributed by atoms with Crippen LogP contribution in [0.15, 0.2) is 24.3 Å². The Labute approximate surface area is 150 Å². The van der Waals surface area contributed by atoms with Gasteiger partial charge in [0.1, 0.15) is 0 Å². The number of carbonyl (C=O) groups is 1. The monoisotopic (exact) mass is 371 g/mol. The van der Waals surface area contributed by atoms with Crippen molar-refractivity contribution in [3.8, 4) is 0 Å². The maximum Gasteiger partial charge on any atom is 0.416 e. The molecule has 1 spiro atoms. The van der Waals surface area contributed by atoms with E-state index >= 15 is 0 Å². The van der Waals surface area contributed by atoms with Crippen molar-refractivity contribution >= 4 is 5.91 Å². The summed E-state index contributed by atoms with van der Waals surface area (Å²) in [6.45, 7) is 3.15. The minimum Gasteiger partial charge on any atom is -0.390 e. The molecular weight excluding hydrogens is 347 g/mol. The maximum absolute atomic E-state index is 13.1. The van der Waals surface area contributed by atoms with Crippen molar-refractivity contribution in [3.63, 3.8) is 0 Å². The second-order valence-electron chi connectivity index (χ2n) is 7.67. The molecule has 4 nitrogen and oxygen atoms in total. The standard InChI is InChI=1S/C19H24F3NO3/c1-17(25)8-11-26-18(13-17)6-9-23(10-7-18)16(24)12-14-4-2-3-5-15(14)19(20,21)22/h2-5,25H,6-13H2,1H3. The molecule has 1 atom stereocenters. The van der Waals surface area contributed by atoms with Gasteiger partial charge in [-0.2, -0.15) is 13.2 Å². The third kappa shape index (κ3) is 4.20. The number of hydrogen-bond donors (Lipinski definition) is 1. The number of halogens is 3. The van der Waals surface area contributed by atoms with Gasteiger partial charge in [0.05, 0.1) is 29.8 Å². The van der Waals surface area contributed by atoms with Crippen molar-refractivity contribution in [1.82, 2.24) is 4.90 Å². The summed E-state index contributed by atoms with van der Waals surface area (Å²) < 4.78 is 45.2. The highest BCUT2D eigenvalue weighted by Crippen LogP contribution is 2.39. The first-order chi connectivity index (χ1) is 12.1. The van der Waals surface area contributed by atoms with Gasteiger partial charge < -0.3 is 14.7 Å². The lowest BCUT2D eigenvalue weighted by Crippen LogP contribution is -2.54. The molecule has 0 bridgehead atoms. The van der Waals surface area contributed by atoms with E-state index in [2.05, 4.69) is 0 Å². The molecule has 0 radical (unpaired) electrons. The summed E-state index contributed by atoms with van der Waals surface area (Å²) in [5.74, 6) is -0.306. The van der Waals surface area contributed by atoms with Crippen molar-refractivity contribution in [3.05, 3.63) is 35.4 Å². The zero-order valence-electron chi connectivity index (χ0n) is 14.8. The Morgan fingerprint density at radius 3 is 2.50 bits per heavy atom. The first-order valence-corrected chi connectivity index (χ1v) is 8.90. The van der Waals surface area contributed by atoms with Gasteiger partial charge in [0.2, 0.25) is 5.91 Å². The van der Waals surface area contributed by atoms with E-state index in [-0.39, 0.29) is 17.9 Å². The minimum absolute atomic E-state index is 0.00198. The van der Waals surface area contributed by atoms with Crippen LogP contribution < -0.4 is 0 Å². The van der Waals surface area contributed by atoms with Crippen LogP contribution in [0.4, 0.5) is 13.2 Å². The SMILES string of the molecule is CC1(O)CCOC2(CCN(C(=O)Cc3ccccc3C(F)(F)F)CC2)C1. The Morgan fingerprint density at radius 2 is 1.88 bits per heavy atom. The molecule has 2 saturated heterocycles. The zero-order valence-corrected chi connectivity index (χ0v) is 14.8. The Bertz CT molecular complexity index is 664. The second-order valence-corrected chi connectivity index (χ2v) is 7.67. The number of hydrogen-bond acceptors (Lipinski definition) is 3. The van der Waals surface area contributed by atoms with E-state index in [0.717, 1.165) is 6.07 Å². The van der Waals surface area contributed by atoms with Crippen LogP contribution in [-0.4, -0.2) is 46.8 Å². The number of alkyl halides is 3. The third-order valence-electron chi connectivity index (χ3n) is 5.44. The van der Waals surface area contributed by atoms with Crippen LogP contribution in [0.5, 0.6) is 0 Å². The van der Waals surface area contributed by atoms with Crippen LogP contribution in [0.2, 0.25) is 0 Å². The number of aliphatic hydroxyl groups is 1. The fraction of sp³-hybridized carbons (Fsp3) is 0.632.